The van der Waals surface area contributed by atoms with Gasteiger partial charge in [-0.3, -0.25) is 0 Å². The van der Waals surface area contributed by atoms with Gasteiger partial charge in [0.15, 0.2) is 11.6 Å². The van der Waals surface area contributed by atoms with Crippen LogP contribution in [-0.2, 0) is 0 Å². The smallest absolute Gasteiger partial charge is 0.166 e. The Morgan fingerprint density at radius 3 is 2.87 bits per heavy atom. The van der Waals surface area contributed by atoms with Crippen LogP contribution in [0.1, 0.15) is 26.2 Å². The minimum Gasteiger partial charge on any atom is -0.351 e. The zero-order valence-electron chi connectivity index (χ0n) is 8.71. The van der Waals surface area contributed by atoms with Gasteiger partial charge in [0.05, 0.1) is 0 Å². The van der Waals surface area contributed by atoms with E-state index in [-0.39, 0.29) is 5.82 Å². The number of hydrogen-bond donors (Lipinski definition) is 0. The van der Waals surface area contributed by atoms with E-state index in [0.29, 0.717) is 16.3 Å². The highest BCUT2D eigenvalue weighted by molar-refractivity contribution is 9.10. The van der Waals surface area contributed by atoms with E-state index in [4.69, 9.17) is 0 Å². The lowest BCUT2D eigenvalue weighted by atomic mass is 10.3. The molecule has 0 aliphatic heterocycles. The summed E-state index contributed by atoms with van der Waals surface area (Å²) >= 11 is 3.22. The van der Waals surface area contributed by atoms with Crippen molar-refractivity contribution in [3.8, 4) is 0 Å². The van der Waals surface area contributed by atoms with Crippen LogP contribution < -0.4 is 4.90 Å². The van der Waals surface area contributed by atoms with Gasteiger partial charge in [-0.1, -0.05) is 6.92 Å². The summed E-state index contributed by atoms with van der Waals surface area (Å²) in [5.74, 6) is 0.271. The van der Waals surface area contributed by atoms with Crippen molar-refractivity contribution in [3.63, 3.8) is 0 Å². The Hall–Kier alpha value is -0.640. The first-order valence-electron chi connectivity index (χ1n) is 5.30. The predicted molar refractivity (Wildman–Crippen MR) is 62.6 cm³/mol. The zero-order chi connectivity index (χ0) is 10.8. The van der Waals surface area contributed by atoms with E-state index in [0.717, 1.165) is 25.8 Å². The van der Waals surface area contributed by atoms with Gasteiger partial charge in [0.2, 0.25) is 0 Å². The summed E-state index contributed by atoms with van der Waals surface area (Å²) in [6, 6.07) is 1.99. The highest BCUT2D eigenvalue weighted by Crippen LogP contribution is 2.32. The van der Waals surface area contributed by atoms with E-state index in [1.165, 1.54) is 6.07 Å². The summed E-state index contributed by atoms with van der Waals surface area (Å²) in [5, 5.41) is 0. The lowest BCUT2D eigenvalue weighted by Crippen LogP contribution is -2.28. The van der Waals surface area contributed by atoms with Crippen molar-refractivity contribution < 1.29 is 4.39 Å². The SMILES string of the molecule is CCCN(c1ncc(Br)cc1F)C1CC1. The number of hydrogen-bond acceptors (Lipinski definition) is 2. The van der Waals surface area contributed by atoms with Gasteiger partial charge in [-0.25, -0.2) is 9.37 Å². The van der Waals surface area contributed by atoms with Crippen LogP contribution in [0.3, 0.4) is 0 Å². The number of aromatic nitrogens is 1. The van der Waals surface area contributed by atoms with Gasteiger partial charge in [-0.05, 0) is 41.3 Å². The Bertz CT molecular complexity index is 352. The van der Waals surface area contributed by atoms with Crippen LogP contribution in [0, 0.1) is 5.82 Å². The number of pyridine rings is 1. The van der Waals surface area contributed by atoms with Crippen LogP contribution >= 0.6 is 15.9 Å². The van der Waals surface area contributed by atoms with Crippen LogP contribution in [0.25, 0.3) is 0 Å². The topological polar surface area (TPSA) is 16.1 Å². The van der Waals surface area contributed by atoms with Crippen LogP contribution in [0.4, 0.5) is 10.2 Å². The third-order valence-electron chi connectivity index (χ3n) is 2.51. The van der Waals surface area contributed by atoms with Gasteiger partial charge in [0.1, 0.15) is 0 Å². The van der Waals surface area contributed by atoms with Gasteiger partial charge in [0, 0.05) is 23.3 Å². The van der Waals surface area contributed by atoms with Crippen molar-refractivity contribution >= 4 is 21.7 Å². The first-order chi connectivity index (χ1) is 7.22. The summed E-state index contributed by atoms with van der Waals surface area (Å²) in [6.07, 6.45) is 5.01. The largest absolute Gasteiger partial charge is 0.351 e. The molecular formula is C11H14BrFN2. The fourth-order valence-corrected chi connectivity index (χ4v) is 2.01. The van der Waals surface area contributed by atoms with Crippen molar-refractivity contribution in [2.45, 2.75) is 32.2 Å². The molecule has 4 heteroatoms. The molecule has 1 heterocycles. The minimum absolute atomic E-state index is 0.232. The molecule has 82 valence electrons. The fourth-order valence-electron chi connectivity index (χ4n) is 1.71. The van der Waals surface area contributed by atoms with E-state index in [1.807, 2.05) is 0 Å². The third-order valence-corrected chi connectivity index (χ3v) is 2.95. The summed E-state index contributed by atoms with van der Waals surface area (Å²) in [5.41, 5.74) is 0. The van der Waals surface area contributed by atoms with Crippen molar-refractivity contribution in [3.05, 3.63) is 22.6 Å². The summed E-state index contributed by atoms with van der Waals surface area (Å²) in [4.78, 5) is 6.25. The molecule has 0 unspecified atom stereocenters. The number of halogens is 2. The summed E-state index contributed by atoms with van der Waals surface area (Å²) in [7, 11) is 0. The van der Waals surface area contributed by atoms with Crippen molar-refractivity contribution in [2.24, 2.45) is 0 Å². The normalized spacial score (nSPS) is 15.4. The Balaban J connectivity index is 2.24. The minimum atomic E-state index is -0.232. The van der Waals surface area contributed by atoms with Crippen LogP contribution in [0.15, 0.2) is 16.7 Å². The Morgan fingerprint density at radius 2 is 2.33 bits per heavy atom. The maximum atomic E-state index is 13.7. The molecule has 1 aliphatic carbocycles. The third kappa shape index (κ3) is 2.48. The lowest BCUT2D eigenvalue weighted by Gasteiger charge is -2.23. The molecule has 0 amide bonds. The number of anilines is 1. The Kier molecular flexibility index (Phi) is 3.24. The van der Waals surface area contributed by atoms with Crippen LogP contribution in [0.5, 0.6) is 0 Å². The number of nitrogens with zero attached hydrogens (tertiary/aromatic N) is 2. The van der Waals surface area contributed by atoms with E-state index in [1.54, 1.807) is 6.20 Å². The second-order valence-electron chi connectivity index (χ2n) is 3.88. The summed E-state index contributed by atoms with van der Waals surface area (Å²) in [6.45, 7) is 2.99. The average molecular weight is 273 g/mol. The molecule has 2 nitrogen and oxygen atoms in total. The molecule has 1 fully saturated rings. The second kappa shape index (κ2) is 4.47. The second-order valence-corrected chi connectivity index (χ2v) is 4.80. The zero-order valence-corrected chi connectivity index (χ0v) is 10.3. The molecule has 1 saturated carbocycles. The van der Waals surface area contributed by atoms with Crippen LogP contribution in [-0.4, -0.2) is 17.6 Å². The molecule has 15 heavy (non-hydrogen) atoms. The quantitative estimate of drug-likeness (QED) is 0.836. The molecule has 2 rings (SSSR count). The molecular weight excluding hydrogens is 259 g/mol. The Morgan fingerprint density at radius 1 is 1.60 bits per heavy atom. The molecule has 0 atom stereocenters. The summed E-state index contributed by atoms with van der Waals surface area (Å²) < 4.78 is 14.4. The molecule has 0 aromatic carbocycles. The van der Waals surface area contributed by atoms with Gasteiger partial charge in [-0.15, -0.1) is 0 Å². The maximum Gasteiger partial charge on any atom is 0.166 e. The molecule has 0 bridgehead atoms. The highest BCUT2D eigenvalue weighted by Gasteiger charge is 2.30. The van der Waals surface area contributed by atoms with Crippen molar-refractivity contribution in [1.82, 2.24) is 4.98 Å². The van der Waals surface area contributed by atoms with Gasteiger partial charge >= 0.3 is 0 Å². The molecule has 1 aromatic rings. The Labute approximate surface area is 97.6 Å². The van der Waals surface area contributed by atoms with E-state index >= 15 is 0 Å². The van der Waals surface area contributed by atoms with E-state index in [2.05, 4.69) is 32.7 Å². The first kappa shape index (κ1) is 10.9. The average Bonchev–Trinajstić information content (AvgIpc) is 2.98. The van der Waals surface area contributed by atoms with Gasteiger partial charge in [0.25, 0.3) is 0 Å². The van der Waals surface area contributed by atoms with E-state index < -0.39 is 0 Å². The highest BCUT2D eigenvalue weighted by atomic mass is 79.9. The fraction of sp³-hybridized carbons (Fsp3) is 0.545. The molecule has 0 spiro atoms. The molecule has 0 N–H and O–H groups in total. The van der Waals surface area contributed by atoms with Crippen molar-refractivity contribution in [1.29, 1.82) is 0 Å². The van der Waals surface area contributed by atoms with E-state index in [9.17, 15) is 4.39 Å². The van der Waals surface area contributed by atoms with Crippen LogP contribution in [0.2, 0.25) is 0 Å². The molecule has 1 aliphatic rings. The predicted octanol–water partition coefficient (Wildman–Crippen LogP) is 3.36. The monoisotopic (exact) mass is 272 g/mol. The molecule has 1 aromatic heterocycles. The van der Waals surface area contributed by atoms with Crippen molar-refractivity contribution in [2.75, 3.05) is 11.4 Å². The first-order valence-corrected chi connectivity index (χ1v) is 6.09. The standard InChI is InChI=1S/C11H14BrFN2/c1-2-5-15(9-3-4-9)11-10(13)6-8(12)7-14-11/h6-7,9H,2-5H2,1H3. The van der Waals surface area contributed by atoms with Gasteiger partial charge < -0.3 is 4.90 Å². The lowest BCUT2D eigenvalue weighted by molar-refractivity contribution is 0.604. The molecule has 0 radical (unpaired) electrons. The number of rotatable bonds is 4. The van der Waals surface area contributed by atoms with Gasteiger partial charge in [-0.2, -0.15) is 0 Å². The molecule has 0 saturated heterocycles. The maximum absolute atomic E-state index is 13.7.